The fourth-order valence-corrected chi connectivity index (χ4v) is 3.86. The quantitative estimate of drug-likeness (QED) is 0.581. The Morgan fingerprint density at radius 1 is 1.04 bits per heavy atom. The molecule has 142 valence electrons. The first kappa shape index (κ1) is 21.2. The van der Waals surface area contributed by atoms with E-state index in [0.717, 1.165) is 27.1 Å². The van der Waals surface area contributed by atoms with Gasteiger partial charge >= 0.3 is 0 Å². The van der Waals surface area contributed by atoms with E-state index in [1.165, 1.54) is 0 Å². The van der Waals surface area contributed by atoms with E-state index >= 15 is 0 Å². The Morgan fingerprint density at radius 3 is 2.31 bits per heavy atom. The molecule has 2 rings (SSSR count). The molecule has 3 nitrogen and oxygen atoms in total. The van der Waals surface area contributed by atoms with Gasteiger partial charge in [-0.25, -0.2) is 0 Å². The molecular formula is C21H30BrNO2Si. The highest BCUT2D eigenvalue weighted by atomic mass is 79.9. The molecule has 0 heterocycles. The van der Waals surface area contributed by atoms with Crippen molar-refractivity contribution in [1.29, 1.82) is 0 Å². The van der Waals surface area contributed by atoms with E-state index in [9.17, 15) is 0 Å². The van der Waals surface area contributed by atoms with Gasteiger partial charge in [0.2, 0.25) is 0 Å². The Balaban J connectivity index is 2.19. The van der Waals surface area contributed by atoms with Crippen LogP contribution in [0.25, 0.3) is 0 Å². The maximum absolute atomic E-state index is 6.31. The normalized spacial score (nSPS) is 14.0. The van der Waals surface area contributed by atoms with Gasteiger partial charge in [0.15, 0.2) is 9.76 Å². The zero-order valence-electron chi connectivity index (χ0n) is 16.6. The minimum absolute atomic E-state index is 0.00592. The molecule has 2 aromatic carbocycles. The van der Waals surface area contributed by atoms with Crippen LogP contribution in [-0.4, -0.2) is 9.76 Å². The van der Waals surface area contributed by atoms with Gasteiger partial charge in [-0.1, -0.05) is 39.0 Å². The van der Waals surface area contributed by atoms with Gasteiger partial charge in [-0.05, 0) is 77.1 Å². The fraction of sp³-hybridized carbons (Fsp3) is 0.429. The van der Waals surface area contributed by atoms with Crippen molar-refractivity contribution in [2.24, 2.45) is 5.73 Å². The van der Waals surface area contributed by atoms with Crippen LogP contribution in [0.15, 0.2) is 46.9 Å². The summed E-state index contributed by atoms with van der Waals surface area (Å²) >= 11 is 3.58. The number of nitrogens with two attached hydrogens (primary N) is 1. The molecule has 0 amide bonds. The van der Waals surface area contributed by atoms with Gasteiger partial charge in [-0.2, -0.15) is 0 Å². The number of rotatable bonds is 6. The summed E-state index contributed by atoms with van der Waals surface area (Å²) in [5.74, 6) is 1.57. The van der Waals surface area contributed by atoms with Gasteiger partial charge in [-0.15, -0.1) is 0 Å². The number of hydrogen-bond donors (Lipinski definition) is 1. The Hall–Kier alpha value is -1.14. The number of hydrogen-bond acceptors (Lipinski definition) is 3. The third-order valence-electron chi connectivity index (χ3n) is 4.10. The summed E-state index contributed by atoms with van der Waals surface area (Å²) < 4.78 is 13.3. The van der Waals surface area contributed by atoms with Crippen molar-refractivity contribution in [1.82, 2.24) is 0 Å². The van der Waals surface area contributed by atoms with Gasteiger partial charge in [0.25, 0.3) is 0 Å². The van der Waals surface area contributed by atoms with E-state index in [1.807, 2.05) is 37.3 Å². The molecular weight excluding hydrogens is 406 g/mol. The molecule has 0 saturated heterocycles. The maximum atomic E-state index is 6.31. The number of ether oxygens (including phenoxy) is 1. The van der Waals surface area contributed by atoms with Gasteiger partial charge in [0, 0.05) is 6.04 Å². The van der Waals surface area contributed by atoms with E-state index in [1.54, 1.807) is 0 Å². The molecule has 1 unspecified atom stereocenters. The average Bonchev–Trinajstić information content (AvgIpc) is 2.54. The van der Waals surface area contributed by atoms with Gasteiger partial charge in [0.1, 0.15) is 11.5 Å². The molecule has 0 bridgehead atoms. The minimum Gasteiger partial charge on any atom is -0.456 e. The van der Waals surface area contributed by atoms with Gasteiger partial charge in [-0.3, -0.25) is 0 Å². The van der Waals surface area contributed by atoms with Crippen LogP contribution in [0.5, 0.6) is 11.5 Å². The Morgan fingerprint density at radius 2 is 1.73 bits per heavy atom. The van der Waals surface area contributed by atoms with Crippen LogP contribution < -0.4 is 10.5 Å². The van der Waals surface area contributed by atoms with E-state index in [0.29, 0.717) is 0 Å². The monoisotopic (exact) mass is 435 g/mol. The van der Waals surface area contributed by atoms with Crippen molar-refractivity contribution in [2.45, 2.75) is 58.2 Å². The standard InChI is InChI=1S/C21H30BrNO2Si/c1-14(23)15-10-11-19(18(22)12-15)24-17-9-7-8-16(13-17)21(5,6)25-26-20(2,3)4/h7-14H,23,26H2,1-6H3. The predicted octanol–water partition coefficient (Wildman–Crippen LogP) is 5.82. The van der Waals surface area contributed by atoms with Crippen LogP contribution in [-0.2, 0) is 10.0 Å². The molecule has 2 aromatic rings. The summed E-state index contributed by atoms with van der Waals surface area (Å²) in [6, 6.07) is 14.1. The molecule has 0 aliphatic carbocycles. The van der Waals surface area contributed by atoms with Crippen molar-refractivity contribution in [3.05, 3.63) is 58.1 Å². The Bertz CT molecular complexity index is 754. The molecule has 0 aliphatic rings. The molecule has 0 radical (unpaired) electrons. The van der Waals surface area contributed by atoms with Crippen LogP contribution in [0.4, 0.5) is 0 Å². The zero-order valence-corrected chi connectivity index (χ0v) is 19.6. The van der Waals surface area contributed by atoms with E-state index < -0.39 is 9.76 Å². The van der Waals surface area contributed by atoms with Gasteiger partial charge < -0.3 is 14.9 Å². The summed E-state index contributed by atoms with van der Waals surface area (Å²) in [6.45, 7) is 12.9. The highest BCUT2D eigenvalue weighted by Crippen LogP contribution is 2.35. The summed E-state index contributed by atoms with van der Waals surface area (Å²) in [5, 5.41) is 0.262. The SMILES string of the molecule is CC(N)c1ccc(Oc2cccc(C(C)(C)O[SiH2]C(C)(C)C)c2)c(Br)c1. The summed E-state index contributed by atoms with van der Waals surface area (Å²) in [7, 11) is -0.647. The third kappa shape index (κ3) is 5.95. The van der Waals surface area contributed by atoms with Crippen LogP contribution in [0, 0.1) is 0 Å². The molecule has 0 spiro atoms. The fourth-order valence-electron chi connectivity index (χ4n) is 2.42. The second-order valence-electron chi connectivity index (χ2n) is 8.47. The van der Waals surface area contributed by atoms with Crippen LogP contribution >= 0.6 is 15.9 Å². The molecule has 1 atom stereocenters. The minimum atomic E-state index is -0.647. The lowest BCUT2D eigenvalue weighted by molar-refractivity contribution is 0.109. The van der Waals surface area contributed by atoms with Crippen molar-refractivity contribution in [3.8, 4) is 11.5 Å². The molecule has 2 N–H and O–H groups in total. The maximum Gasteiger partial charge on any atom is 0.168 e. The Labute approximate surface area is 168 Å². The number of halogens is 1. The second-order valence-corrected chi connectivity index (χ2v) is 12.0. The first-order valence-corrected chi connectivity index (χ1v) is 11.0. The van der Waals surface area contributed by atoms with E-state index in [4.69, 9.17) is 14.9 Å². The molecule has 26 heavy (non-hydrogen) atoms. The summed E-state index contributed by atoms with van der Waals surface area (Å²) in [5.41, 5.74) is 7.80. The van der Waals surface area contributed by atoms with Crippen LogP contribution in [0.2, 0.25) is 5.04 Å². The highest BCUT2D eigenvalue weighted by Gasteiger charge is 2.25. The molecule has 0 saturated carbocycles. The molecule has 5 heteroatoms. The summed E-state index contributed by atoms with van der Waals surface area (Å²) in [6.07, 6.45) is 0. The highest BCUT2D eigenvalue weighted by molar-refractivity contribution is 9.10. The van der Waals surface area contributed by atoms with Crippen LogP contribution in [0.1, 0.15) is 58.7 Å². The molecule has 0 aromatic heterocycles. The largest absolute Gasteiger partial charge is 0.456 e. The smallest absolute Gasteiger partial charge is 0.168 e. The molecule has 0 fully saturated rings. The topological polar surface area (TPSA) is 44.5 Å². The predicted molar refractivity (Wildman–Crippen MR) is 116 cm³/mol. The zero-order chi connectivity index (χ0) is 19.5. The first-order chi connectivity index (χ1) is 12.0. The van der Waals surface area contributed by atoms with Crippen molar-refractivity contribution >= 4 is 25.7 Å². The van der Waals surface area contributed by atoms with E-state index in [-0.39, 0.29) is 16.7 Å². The first-order valence-electron chi connectivity index (χ1n) is 8.95. The van der Waals surface area contributed by atoms with Crippen molar-refractivity contribution in [3.63, 3.8) is 0 Å². The third-order valence-corrected chi connectivity index (χ3v) is 6.46. The van der Waals surface area contributed by atoms with Crippen molar-refractivity contribution in [2.75, 3.05) is 0 Å². The Kier molecular flexibility index (Phi) is 6.72. The summed E-state index contributed by atoms with van der Waals surface area (Å²) in [4.78, 5) is 0. The molecule has 0 aliphatic heterocycles. The van der Waals surface area contributed by atoms with E-state index in [2.05, 4.69) is 62.7 Å². The van der Waals surface area contributed by atoms with Crippen molar-refractivity contribution < 1.29 is 9.16 Å². The number of benzene rings is 2. The second kappa shape index (κ2) is 8.25. The lowest BCUT2D eigenvalue weighted by Crippen LogP contribution is -2.27. The average molecular weight is 436 g/mol. The lowest BCUT2D eigenvalue weighted by Gasteiger charge is -2.30. The lowest BCUT2D eigenvalue weighted by atomic mass is 9.98. The van der Waals surface area contributed by atoms with Gasteiger partial charge in [0.05, 0.1) is 10.1 Å². The van der Waals surface area contributed by atoms with Crippen LogP contribution in [0.3, 0.4) is 0 Å².